The lowest BCUT2D eigenvalue weighted by atomic mass is 10.2. The maximum atomic E-state index is 9.55. The van der Waals surface area contributed by atoms with E-state index < -0.39 is 11.9 Å². The zero-order valence-corrected chi connectivity index (χ0v) is 12.0. The Morgan fingerprint density at radius 1 is 1.23 bits per heavy atom. The van der Waals surface area contributed by atoms with Gasteiger partial charge >= 0.3 is 11.9 Å². The zero-order chi connectivity index (χ0) is 16.7. The van der Waals surface area contributed by atoms with E-state index in [-0.39, 0.29) is 6.04 Å². The number of hydrogen-bond donors (Lipinski definition) is 4. The summed E-state index contributed by atoms with van der Waals surface area (Å²) in [6.07, 6.45) is 3.11. The van der Waals surface area contributed by atoms with E-state index in [2.05, 4.69) is 4.57 Å². The molecule has 0 aliphatic rings. The van der Waals surface area contributed by atoms with Crippen molar-refractivity contribution in [1.29, 1.82) is 0 Å². The topological polar surface area (TPSA) is 126 Å². The van der Waals surface area contributed by atoms with Crippen molar-refractivity contribution in [3.8, 4) is 5.75 Å². The third-order valence-electron chi connectivity index (χ3n) is 2.61. The van der Waals surface area contributed by atoms with Crippen LogP contribution in [0.15, 0.2) is 42.6 Å². The summed E-state index contributed by atoms with van der Waals surface area (Å²) in [6, 6.07) is 7.50. The molecule has 22 heavy (non-hydrogen) atoms. The first-order valence-electron chi connectivity index (χ1n) is 6.47. The molecule has 1 aromatic carbocycles. The summed E-state index contributed by atoms with van der Waals surface area (Å²) in [5.41, 5.74) is 6.76. The van der Waals surface area contributed by atoms with Crippen LogP contribution in [0, 0.1) is 0 Å². The second-order valence-corrected chi connectivity index (χ2v) is 4.70. The highest BCUT2D eigenvalue weighted by Crippen LogP contribution is 2.20. The molecule has 0 fully saturated rings. The molecule has 0 bridgehead atoms. The molecule has 2 aromatic rings. The molecule has 0 aliphatic heterocycles. The smallest absolute Gasteiger partial charge is 0.328 e. The van der Waals surface area contributed by atoms with E-state index in [9.17, 15) is 14.7 Å². The van der Waals surface area contributed by atoms with Crippen molar-refractivity contribution in [3.63, 3.8) is 0 Å². The molecule has 0 saturated heterocycles. The number of aromatic nitrogens is 1. The predicted molar refractivity (Wildman–Crippen MR) is 81.7 cm³/mol. The summed E-state index contributed by atoms with van der Waals surface area (Å²) in [6.45, 7) is 2.74. The van der Waals surface area contributed by atoms with Gasteiger partial charge in [-0.25, -0.2) is 9.59 Å². The first kappa shape index (κ1) is 17.3. The zero-order valence-electron chi connectivity index (χ0n) is 12.0. The van der Waals surface area contributed by atoms with Crippen LogP contribution in [0.25, 0.3) is 10.9 Å². The van der Waals surface area contributed by atoms with Crippen molar-refractivity contribution in [1.82, 2.24) is 4.57 Å². The number of phenols is 1. The summed E-state index contributed by atoms with van der Waals surface area (Å²) in [4.78, 5) is 19.1. The number of hydrogen-bond acceptors (Lipinski definition) is 4. The van der Waals surface area contributed by atoms with Gasteiger partial charge in [-0.2, -0.15) is 0 Å². The van der Waals surface area contributed by atoms with E-state index in [1.807, 2.05) is 25.3 Å². The van der Waals surface area contributed by atoms with E-state index in [4.69, 9.17) is 15.9 Å². The second kappa shape index (κ2) is 7.84. The number of carboxylic acids is 2. The lowest BCUT2D eigenvalue weighted by Crippen LogP contribution is -2.21. The maximum absolute atomic E-state index is 9.55. The Morgan fingerprint density at radius 3 is 2.32 bits per heavy atom. The summed E-state index contributed by atoms with van der Waals surface area (Å²) in [5, 5.41) is 26.1. The van der Waals surface area contributed by atoms with Gasteiger partial charge in [-0.3, -0.25) is 0 Å². The summed E-state index contributed by atoms with van der Waals surface area (Å²) >= 11 is 0. The van der Waals surface area contributed by atoms with Crippen LogP contribution in [0.1, 0.15) is 6.92 Å². The number of fused-ring (bicyclic) bond motifs is 1. The Bertz CT molecular complexity index is 672. The van der Waals surface area contributed by atoms with E-state index >= 15 is 0 Å². The van der Waals surface area contributed by atoms with Crippen LogP contribution in [0.4, 0.5) is 0 Å². The first-order valence-corrected chi connectivity index (χ1v) is 6.47. The Hall–Kier alpha value is -2.80. The standard InChI is InChI=1S/C11H14N2O.C4H4O4/c1-8(12)7-13-5-4-9-2-3-10(14)6-11(9)13;5-3(6)1-2-4(7)8/h2-6,8,14H,7,12H2,1H3;1-2H,(H,5,6)(H,7,8). The first-order chi connectivity index (χ1) is 10.3. The molecule has 1 aromatic heterocycles. The average molecular weight is 306 g/mol. The van der Waals surface area contributed by atoms with Gasteiger partial charge in [0.25, 0.3) is 0 Å². The molecule has 1 atom stereocenters. The van der Waals surface area contributed by atoms with Crippen molar-refractivity contribution in [2.45, 2.75) is 19.5 Å². The highest BCUT2D eigenvalue weighted by Gasteiger charge is 2.03. The number of carbonyl (C=O) groups is 2. The van der Waals surface area contributed by atoms with Gasteiger partial charge in [0.05, 0.1) is 5.52 Å². The summed E-state index contributed by atoms with van der Waals surface area (Å²) in [5.74, 6) is -2.22. The number of phenolic OH excluding ortho intramolecular Hbond substituents is 1. The van der Waals surface area contributed by atoms with Gasteiger partial charge in [-0.05, 0) is 30.5 Å². The molecule has 2 rings (SSSR count). The Kier molecular flexibility index (Phi) is 6.15. The van der Waals surface area contributed by atoms with Crippen LogP contribution < -0.4 is 5.73 Å². The number of nitrogens with two attached hydrogens (primary N) is 1. The number of nitrogens with zero attached hydrogens (tertiary/aromatic N) is 1. The number of aliphatic carboxylic acids is 2. The highest BCUT2D eigenvalue weighted by atomic mass is 16.4. The fourth-order valence-electron chi connectivity index (χ4n) is 1.78. The molecule has 118 valence electrons. The lowest BCUT2D eigenvalue weighted by Gasteiger charge is -2.08. The molecule has 0 radical (unpaired) electrons. The van der Waals surface area contributed by atoms with Crippen LogP contribution >= 0.6 is 0 Å². The van der Waals surface area contributed by atoms with Crippen molar-refractivity contribution in [2.75, 3.05) is 0 Å². The molecule has 1 unspecified atom stereocenters. The molecule has 7 nitrogen and oxygen atoms in total. The SMILES string of the molecule is CC(N)Cn1ccc2ccc(O)cc21.O=C(O)C=CC(=O)O. The van der Waals surface area contributed by atoms with Crippen LogP contribution in [0.5, 0.6) is 5.75 Å². The number of carboxylic acid groups (broad SMARTS) is 2. The third-order valence-corrected chi connectivity index (χ3v) is 2.61. The summed E-state index contributed by atoms with van der Waals surface area (Å²) < 4.78 is 2.06. The van der Waals surface area contributed by atoms with Gasteiger partial charge in [0.1, 0.15) is 5.75 Å². The summed E-state index contributed by atoms with van der Waals surface area (Å²) in [7, 11) is 0. The van der Waals surface area contributed by atoms with E-state index in [1.165, 1.54) is 0 Å². The van der Waals surface area contributed by atoms with Crippen LogP contribution in [-0.2, 0) is 16.1 Å². The van der Waals surface area contributed by atoms with Crippen LogP contribution in [0.3, 0.4) is 0 Å². The molecular weight excluding hydrogens is 288 g/mol. The van der Waals surface area contributed by atoms with Crippen molar-refractivity contribution in [2.24, 2.45) is 5.73 Å². The average Bonchev–Trinajstić information content (AvgIpc) is 2.79. The maximum Gasteiger partial charge on any atom is 0.328 e. The van der Waals surface area contributed by atoms with Crippen molar-refractivity contribution < 1.29 is 24.9 Å². The van der Waals surface area contributed by atoms with Crippen molar-refractivity contribution >= 4 is 22.8 Å². The molecule has 7 heteroatoms. The largest absolute Gasteiger partial charge is 0.508 e. The number of aromatic hydroxyl groups is 1. The number of rotatable bonds is 4. The lowest BCUT2D eigenvalue weighted by molar-refractivity contribution is -0.134. The van der Waals surface area contributed by atoms with Gasteiger partial charge < -0.3 is 25.6 Å². The van der Waals surface area contributed by atoms with E-state index in [0.717, 1.165) is 17.4 Å². The fourth-order valence-corrected chi connectivity index (χ4v) is 1.78. The second-order valence-electron chi connectivity index (χ2n) is 4.70. The normalized spacial score (nSPS) is 11.9. The van der Waals surface area contributed by atoms with Crippen molar-refractivity contribution in [3.05, 3.63) is 42.6 Å². The minimum absolute atomic E-state index is 0.118. The molecule has 5 N–H and O–H groups in total. The molecule has 0 amide bonds. The fraction of sp³-hybridized carbons (Fsp3) is 0.200. The van der Waals surface area contributed by atoms with Gasteiger partial charge in [0.2, 0.25) is 0 Å². The molecule has 1 heterocycles. The van der Waals surface area contributed by atoms with E-state index in [0.29, 0.717) is 17.9 Å². The van der Waals surface area contributed by atoms with Crippen LogP contribution in [0.2, 0.25) is 0 Å². The molecular formula is C15H18N2O5. The molecule has 0 saturated carbocycles. The Morgan fingerprint density at radius 2 is 1.82 bits per heavy atom. The van der Waals surface area contributed by atoms with Gasteiger partial charge in [0, 0.05) is 37.0 Å². The van der Waals surface area contributed by atoms with Gasteiger partial charge in [-0.15, -0.1) is 0 Å². The van der Waals surface area contributed by atoms with Gasteiger partial charge in [0.15, 0.2) is 0 Å². The predicted octanol–water partition coefficient (Wildman–Crippen LogP) is 1.41. The third kappa shape index (κ3) is 5.68. The van der Waals surface area contributed by atoms with Gasteiger partial charge in [-0.1, -0.05) is 0 Å². The monoisotopic (exact) mass is 306 g/mol. The Balaban J connectivity index is 0.000000261. The highest BCUT2D eigenvalue weighted by molar-refractivity contribution is 5.89. The number of benzene rings is 1. The van der Waals surface area contributed by atoms with E-state index in [1.54, 1.807) is 12.1 Å². The quantitative estimate of drug-likeness (QED) is 0.633. The minimum atomic E-state index is -1.26. The molecule has 0 spiro atoms. The Labute approximate surface area is 126 Å². The molecule has 0 aliphatic carbocycles. The minimum Gasteiger partial charge on any atom is -0.508 e. The van der Waals surface area contributed by atoms with Crippen LogP contribution in [-0.4, -0.2) is 37.9 Å².